The van der Waals surface area contributed by atoms with Crippen LogP contribution in [0.5, 0.6) is 11.5 Å². The number of hydrogen-bond donors (Lipinski definition) is 1. The number of methoxy groups -OCH3 is 1. The highest BCUT2D eigenvalue weighted by atomic mass is 16.5. The number of likely N-dealkylation sites (tertiary alicyclic amines) is 1. The van der Waals surface area contributed by atoms with Gasteiger partial charge >= 0.3 is 0 Å². The SMILES string of the molecule is CCNC(=NCc1ccc(OC)c(OCC)c1)N1CCCC(C)C1. The summed E-state index contributed by atoms with van der Waals surface area (Å²) in [6.45, 7) is 10.7. The molecule has 1 saturated heterocycles. The van der Waals surface area contributed by atoms with Crippen LogP contribution in [0.15, 0.2) is 23.2 Å². The van der Waals surface area contributed by atoms with Crippen molar-refractivity contribution in [1.29, 1.82) is 0 Å². The predicted molar refractivity (Wildman–Crippen MR) is 98.9 cm³/mol. The van der Waals surface area contributed by atoms with Crippen LogP contribution < -0.4 is 14.8 Å². The van der Waals surface area contributed by atoms with Crippen molar-refractivity contribution in [2.24, 2.45) is 10.9 Å². The fraction of sp³-hybridized carbons (Fsp3) is 0.632. The molecule has 0 radical (unpaired) electrons. The maximum absolute atomic E-state index is 5.65. The lowest BCUT2D eigenvalue weighted by Crippen LogP contribution is -2.46. The van der Waals surface area contributed by atoms with Crippen LogP contribution >= 0.6 is 0 Å². The van der Waals surface area contributed by atoms with E-state index in [0.717, 1.165) is 48.6 Å². The highest BCUT2D eigenvalue weighted by Gasteiger charge is 2.19. The Balaban J connectivity index is 2.11. The topological polar surface area (TPSA) is 46.1 Å². The molecular weight excluding hydrogens is 302 g/mol. The second-order valence-electron chi connectivity index (χ2n) is 6.28. The molecule has 0 saturated carbocycles. The highest BCUT2D eigenvalue weighted by molar-refractivity contribution is 5.80. The first-order valence-corrected chi connectivity index (χ1v) is 9.00. The minimum atomic E-state index is 0.622. The van der Waals surface area contributed by atoms with Crippen molar-refractivity contribution in [3.8, 4) is 11.5 Å². The second-order valence-corrected chi connectivity index (χ2v) is 6.28. The Kier molecular flexibility index (Phi) is 7.22. The molecule has 1 fully saturated rings. The molecule has 134 valence electrons. The molecule has 5 nitrogen and oxygen atoms in total. The fourth-order valence-electron chi connectivity index (χ4n) is 3.06. The zero-order valence-electron chi connectivity index (χ0n) is 15.5. The van der Waals surface area contributed by atoms with E-state index in [1.54, 1.807) is 7.11 Å². The Morgan fingerprint density at radius 1 is 1.33 bits per heavy atom. The van der Waals surface area contributed by atoms with Crippen LogP contribution in [0.2, 0.25) is 0 Å². The van der Waals surface area contributed by atoms with E-state index in [9.17, 15) is 0 Å². The summed E-state index contributed by atoms with van der Waals surface area (Å²) >= 11 is 0. The Morgan fingerprint density at radius 3 is 2.83 bits per heavy atom. The summed E-state index contributed by atoms with van der Waals surface area (Å²) in [6, 6.07) is 6.02. The third-order valence-electron chi connectivity index (χ3n) is 4.23. The Bertz CT molecular complexity index is 545. The van der Waals surface area contributed by atoms with Gasteiger partial charge in [0.25, 0.3) is 0 Å². The summed E-state index contributed by atoms with van der Waals surface area (Å²) in [7, 11) is 1.66. The van der Waals surface area contributed by atoms with Crippen molar-refractivity contribution in [3.05, 3.63) is 23.8 Å². The van der Waals surface area contributed by atoms with Crippen molar-refractivity contribution in [1.82, 2.24) is 10.2 Å². The molecule has 2 rings (SSSR count). The van der Waals surface area contributed by atoms with Crippen LogP contribution in [0.1, 0.15) is 39.2 Å². The monoisotopic (exact) mass is 333 g/mol. The molecule has 5 heteroatoms. The number of nitrogens with one attached hydrogen (secondary N) is 1. The van der Waals surface area contributed by atoms with Crippen molar-refractivity contribution in [3.63, 3.8) is 0 Å². The van der Waals surface area contributed by atoms with Crippen molar-refractivity contribution in [2.45, 2.75) is 40.2 Å². The van der Waals surface area contributed by atoms with Crippen molar-refractivity contribution in [2.75, 3.05) is 33.4 Å². The average molecular weight is 333 g/mol. The molecule has 1 aliphatic heterocycles. The van der Waals surface area contributed by atoms with Gasteiger partial charge in [-0.3, -0.25) is 0 Å². The first-order chi connectivity index (χ1) is 11.7. The van der Waals surface area contributed by atoms with Crippen LogP contribution in [0.3, 0.4) is 0 Å². The molecule has 0 aliphatic carbocycles. The van der Waals surface area contributed by atoms with Gasteiger partial charge in [0.15, 0.2) is 17.5 Å². The van der Waals surface area contributed by atoms with E-state index in [-0.39, 0.29) is 0 Å². The average Bonchev–Trinajstić information content (AvgIpc) is 2.59. The zero-order valence-corrected chi connectivity index (χ0v) is 15.5. The number of piperidine rings is 1. The molecule has 1 aromatic carbocycles. The maximum atomic E-state index is 5.65. The standard InChI is InChI=1S/C19H31N3O2/c1-5-20-19(22-11-7-8-15(3)14-22)21-13-16-9-10-17(23-4)18(12-16)24-6-2/h9-10,12,15H,5-8,11,13-14H2,1-4H3,(H,20,21). The van der Waals surface area contributed by atoms with E-state index >= 15 is 0 Å². The summed E-state index contributed by atoms with van der Waals surface area (Å²) < 4.78 is 11.0. The number of nitrogens with zero attached hydrogens (tertiary/aromatic N) is 2. The Hall–Kier alpha value is -1.91. The molecule has 1 unspecified atom stereocenters. The minimum absolute atomic E-state index is 0.622. The van der Waals surface area contributed by atoms with Crippen molar-refractivity contribution >= 4 is 5.96 Å². The van der Waals surface area contributed by atoms with Gasteiger partial charge in [-0.1, -0.05) is 13.0 Å². The third kappa shape index (κ3) is 5.05. The van der Waals surface area contributed by atoms with Gasteiger partial charge < -0.3 is 19.7 Å². The van der Waals surface area contributed by atoms with E-state index in [0.29, 0.717) is 13.2 Å². The van der Waals surface area contributed by atoms with Gasteiger partial charge in [-0.15, -0.1) is 0 Å². The lowest BCUT2D eigenvalue weighted by atomic mass is 10.0. The lowest BCUT2D eigenvalue weighted by Gasteiger charge is -2.33. The number of guanidine groups is 1. The van der Waals surface area contributed by atoms with Crippen LogP contribution in [0.25, 0.3) is 0 Å². The number of rotatable bonds is 6. The molecule has 0 aromatic heterocycles. The first-order valence-electron chi connectivity index (χ1n) is 9.00. The molecule has 0 bridgehead atoms. The van der Waals surface area contributed by atoms with Crippen LogP contribution in [0.4, 0.5) is 0 Å². The predicted octanol–water partition coefficient (Wildman–Crippen LogP) is 3.29. The Morgan fingerprint density at radius 2 is 2.17 bits per heavy atom. The quantitative estimate of drug-likeness (QED) is 0.641. The lowest BCUT2D eigenvalue weighted by molar-refractivity contribution is 0.266. The second kappa shape index (κ2) is 9.40. The molecule has 1 aromatic rings. The van der Waals surface area contributed by atoms with Crippen molar-refractivity contribution < 1.29 is 9.47 Å². The summed E-state index contributed by atoms with van der Waals surface area (Å²) in [5, 5.41) is 3.43. The molecule has 24 heavy (non-hydrogen) atoms. The molecule has 1 atom stereocenters. The third-order valence-corrected chi connectivity index (χ3v) is 4.23. The molecule has 0 spiro atoms. The number of benzene rings is 1. The zero-order chi connectivity index (χ0) is 17.4. The van der Waals surface area contributed by atoms with Gasteiger partial charge in [0.05, 0.1) is 20.3 Å². The normalized spacial score (nSPS) is 18.4. The summed E-state index contributed by atoms with van der Waals surface area (Å²) in [5.41, 5.74) is 1.12. The Labute approximate surface area is 146 Å². The minimum Gasteiger partial charge on any atom is -0.493 e. The van der Waals surface area contributed by atoms with E-state index < -0.39 is 0 Å². The van der Waals surface area contributed by atoms with Crippen LogP contribution in [0, 0.1) is 5.92 Å². The molecule has 1 N–H and O–H groups in total. The molecule has 1 aliphatic rings. The van der Waals surface area contributed by atoms with Gasteiger partial charge in [0, 0.05) is 19.6 Å². The van der Waals surface area contributed by atoms with E-state index in [4.69, 9.17) is 14.5 Å². The number of hydrogen-bond acceptors (Lipinski definition) is 3. The first kappa shape index (κ1) is 18.4. The van der Waals surface area contributed by atoms with Crippen LogP contribution in [-0.4, -0.2) is 44.2 Å². The highest BCUT2D eigenvalue weighted by Crippen LogP contribution is 2.28. The summed E-state index contributed by atoms with van der Waals surface area (Å²) in [6.07, 6.45) is 2.55. The fourth-order valence-corrected chi connectivity index (χ4v) is 3.06. The van der Waals surface area contributed by atoms with Gasteiger partial charge in [0.1, 0.15) is 0 Å². The molecule has 0 amide bonds. The largest absolute Gasteiger partial charge is 0.493 e. The summed E-state index contributed by atoms with van der Waals surface area (Å²) in [4.78, 5) is 7.21. The van der Waals surface area contributed by atoms with E-state index in [1.807, 2.05) is 25.1 Å². The van der Waals surface area contributed by atoms with Gasteiger partial charge in [-0.25, -0.2) is 4.99 Å². The van der Waals surface area contributed by atoms with E-state index in [1.165, 1.54) is 12.8 Å². The van der Waals surface area contributed by atoms with E-state index in [2.05, 4.69) is 24.1 Å². The van der Waals surface area contributed by atoms with Gasteiger partial charge in [-0.2, -0.15) is 0 Å². The smallest absolute Gasteiger partial charge is 0.194 e. The summed E-state index contributed by atoms with van der Waals surface area (Å²) in [5.74, 6) is 3.29. The number of ether oxygens (including phenoxy) is 2. The van der Waals surface area contributed by atoms with Crippen LogP contribution in [-0.2, 0) is 6.54 Å². The number of aliphatic imine (C=N–C) groups is 1. The maximum Gasteiger partial charge on any atom is 0.194 e. The molecular formula is C19H31N3O2. The van der Waals surface area contributed by atoms with Gasteiger partial charge in [0.2, 0.25) is 0 Å². The molecule has 1 heterocycles. The van der Waals surface area contributed by atoms with Gasteiger partial charge in [-0.05, 0) is 50.3 Å².